The quantitative estimate of drug-likeness (QED) is 0.557. The average Bonchev–Trinajstić information content (AvgIpc) is 2.42. The van der Waals surface area contributed by atoms with Gasteiger partial charge in [-0.3, -0.25) is 19.8 Å². The zero-order valence-electron chi connectivity index (χ0n) is 10.4. The van der Waals surface area contributed by atoms with E-state index in [1.165, 1.54) is 37.4 Å². The van der Waals surface area contributed by atoms with Crippen molar-refractivity contribution in [1.82, 2.24) is 10.2 Å². The normalized spacial score (nSPS) is 17.4. The second-order valence-electron chi connectivity index (χ2n) is 4.09. The van der Waals surface area contributed by atoms with E-state index in [1.54, 1.807) is 0 Å². The number of benzene rings is 1. The first-order chi connectivity index (χ1) is 9.40. The lowest BCUT2D eigenvalue weighted by atomic mass is 10.1. The summed E-state index contributed by atoms with van der Waals surface area (Å²) in [7, 11) is 1.25. The number of carbonyl (C=O) groups is 4. The molecule has 1 aliphatic rings. The number of likely N-dealkylation sites (N-methyl/N-ethyl adjacent to an activating group) is 1. The Bertz CT molecular complexity index is 645. The number of hydrogen-bond donors (Lipinski definition) is 1. The first-order valence-corrected chi connectivity index (χ1v) is 5.56. The lowest BCUT2D eigenvalue weighted by Crippen LogP contribution is -2.52. The number of rotatable bonds is 2. The van der Waals surface area contributed by atoms with E-state index in [9.17, 15) is 24.3 Å². The largest absolute Gasteiger partial charge is 0.545 e. The number of imide groups is 2. The van der Waals surface area contributed by atoms with Gasteiger partial charge in [-0.05, 0) is 17.2 Å². The van der Waals surface area contributed by atoms with Gasteiger partial charge in [0.2, 0.25) is 0 Å². The summed E-state index contributed by atoms with van der Waals surface area (Å²) in [6.45, 7) is 0. The fourth-order valence-corrected chi connectivity index (χ4v) is 1.63. The van der Waals surface area contributed by atoms with Crippen molar-refractivity contribution in [2.45, 2.75) is 0 Å². The standard InChI is InChI=1S/C13H10N2O5/c1-15-11(17)9(10(16)14-13(15)20)6-7-2-4-8(5-3-7)12(18)19/h2-6H,1H3,(H,18,19)(H,14,16,20)/p-1. The zero-order chi connectivity index (χ0) is 14.9. The summed E-state index contributed by atoms with van der Waals surface area (Å²) in [4.78, 5) is 46.0. The molecule has 0 radical (unpaired) electrons. The molecule has 0 aromatic heterocycles. The number of carboxylic acid groups (broad SMARTS) is 1. The topological polar surface area (TPSA) is 107 Å². The molecule has 1 aliphatic heterocycles. The van der Waals surface area contributed by atoms with Crippen molar-refractivity contribution in [3.8, 4) is 0 Å². The lowest BCUT2D eigenvalue weighted by Gasteiger charge is -2.22. The molecule has 1 fully saturated rings. The first-order valence-electron chi connectivity index (χ1n) is 5.56. The third-order valence-electron chi connectivity index (χ3n) is 2.76. The molecule has 7 heteroatoms. The van der Waals surface area contributed by atoms with Crippen molar-refractivity contribution >= 4 is 29.9 Å². The maximum atomic E-state index is 11.8. The number of barbiturate groups is 1. The van der Waals surface area contributed by atoms with Crippen LogP contribution in [0.1, 0.15) is 15.9 Å². The molecular formula is C13H9N2O5-. The van der Waals surface area contributed by atoms with Gasteiger partial charge in [0.15, 0.2) is 0 Å². The number of hydrogen-bond acceptors (Lipinski definition) is 5. The summed E-state index contributed by atoms with van der Waals surface area (Å²) in [5, 5.41) is 12.6. The Hall–Kier alpha value is -2.96. The molecule has 0 bridgehead atoms. The van der Waals surface area contributed by atoms with Gasteiger partial charge in [0, 0.05) is 7.05 Å². The van der Waals surface area contributed by atoms with Crippen molar-refractivity contribution in [1.29, 1.82) is 0 Å². The smallest absolute Gasteiger partial charge is 0.331 e. The summed E-state index contributed by atoms with van der Waals surface area (Å²) in [6, 6.07) is 4.65. The minimum absolute atomic E-state index is 0.0149. The second kappa shape index (κ2) is 4.96. The molecule has 1 aromatic rings. The van der Waals surface area contributed by atoms with Crippen LogP contribution in [0.4, 0.5) is 4.79 Å². The monoisotopic (exact) mass is 273 g/mol. The van der Waals surface area contributed by atoms with Gasteiger partial charge >= 0.3 is 6.03 Å². The Morgan fingerprint density at radius 3 is 2.35 bits per heavy atom. The summed E-state index contributed by atoms with van der Waals surface area (Å²) < 4.78 is 0. The minimum atomic E-state index is -1.32. The summed E-state index contributed by atoms with van der Waals surface area (Å²) in [5.74, 6) is -2.83. The number of nitrogens with zero attached hydrogens (tertiary/aromatic N) is 1. The highest BCUT2D eigenvalue weighted by Gasteiger charge is 2.32. The van der Waals surface area contributed by atoms with Gasteiger partial charge in [-0.25, -0.2) is 4.79 Å². The molecule has 1 aromatic carbocycles. The Morgan fingerprint density at radius 1 is 1.20 bits per heavy atom. The number of urea groups is 1. The van der Waals surface area contributed by atoms with Gasteiger partial charge in [-0.15, -0.1) is 0 Å². The molecule has 1 N–H and O–H groups in total. The molecule has 20 heavy (non-hydrogen) atoms. The summed E-state index contributed by atoms with van der Waals surface area (Å²) in [5.41, 5.74) is 0.239. The molecule has 0 saturated carbocycles. The Kier molecular flexibility index (Phi) is 3.34. The number of nitrogens with one attached hydrogen (secondary N) is 1. The highest BCUT2D eigenvalue weighted by molar-refractivity contribution is 6.30. The van der Waals surface area contributed by atoms with Gasteiger partial charge < -0.3 is 9.90 Å². The Morgan fingerprint density at radius 2 is 1.80 bits per heavy atom. The SMILES string of the molecule is CN1C(=O)NC(=O)C(=Cc2ccc(C(=O)[O-])cc2)C1=O. The van der Waals surface area contributed by atoms with Crippen LogP contribution in [0, 0.1) is 0 Å². The molecule has 1 saturated heterocycles. The summed E-state index contributed by atoms with van der Waals surface area (Å²) >= 11 is 0. The van der Waals surface area contributed by atoms with Crippen molar-refractivity contribution in [3.05, 3.63) is 41.0 Å². The van der Waals surface area contributed by atoms with E-state index >= 15 is 0 Å². The Labute approximate surface area is 113 Å². The van der Waals surface area contributed by atoms with Crippen LogP contribution in [-0.4, -0.2) is 35.8 Å². The molecule has 0 unspecified atom stereocenters. The minimum Gasteiger partial charge on any atom is -0.545 e. The Balaban J connectivity index is 2.34. The van der Waals surface area contributed by atoms with Gasteiger partial charge in [0.05, 0.1) is 5.97 Å². The van der Waals surface area contributed by atoms with E-state index in [1.807, 2.05) is 5.32 Å². The van der Waals surface area contributed by atoms with Gasteiger partial charge in [0.25, 0.3) is 11.8 Å². The number of amides is 4. The predicted octanol–water partition coefficient (Wildman–Crippen LogP) is -0.858. The first kappa shape index (κ1) is 13.5. The number of carboxylic acids is 1. The average molecular weight is 273 g/mol. The van der Waals surface area contributed by atoms with Gasteiger partial charge in [-0.1, -0.05) is 24.3 Å². The van der Waals surface area contributed by atoms with Crippen LogP contribution < -0.4 is 10.4 Å². The maximum Gasteiger partial charge on any atom is 0.331 e. The van der Waals surface area contributed by atoms with Crippen LogP contribution >= 0.6 is 0 Å². The van der Waals surface area contributed by atoms with Crippen LogP contribution in [0.25, 0.3) is 6.08 Å². The predicted molar refractivity (Wildman–Crippen MR) is 65.1 cm³/mol. The number of carbonyl (C=O) groups excluding carboxylic acids is 4. The molecule has 0 aliphatic carbocycles. The maximum absolute atomic E-state index is 11.8. The van der Waals surface area contributed by atoms with E-state index in [-0.39, 0.29) is 11.1 Å². The second-order valence-corrected chi connectivity index (χ2v) is 4.09. The van der Waals surface area contributed by atoms with E-state index in [0.717, 1.165) is 4.90 Å². The van der Waals surface area contributed by atoms with Gasteiger partial charge in [-0.2, -0.15) is 0 Å². The molecule has 4 amide bonds. The summed E-state index contributed by atoms with van der Waals surface area (Å²) in [6.07, 6.45) is 1.28. The highest BCUT2D eigenvalue weighted by Crippen LogP contribution is 2.13. The molecule has 7 nitrogen and oxygen atoms in total. The van der Waals surface area contributed by atoms with Crippen molar-refractivity contribution in [2.24, 2.45) is 0 Å². The van der Waals surface area contributed by atoms with Crippen LogP contribution in [0.5, 0.6) is 0 Å². The fraction of sp³-hybridized carbons (Fsp3) is 0.0769. The van der Waals surface area contributed by atoms with E-state index < -0.39 is 23.8 Å². The molecule has 0 atom stereocenters. The lowest BCUT2D eigenvalue weighted by molar-refractivity contribution is -0.255. The zero-order valence-corrected chi connectivity index (χ0v) is 10.4. The van der Waals surface area contributed by atoms with E-state index in [2.05, 4.69) is 0 Å². The van der Waals surface area contributed by atoms with E-state index in [0.29, 0.717) is 5.56 Å². The highest BCUT2D eigenvalue weighted by atomic mass is 16.4. The molecular weight excluding hydrogens is 264 g/mol. The molecule has 1 heterocycles. The van der Waals surface area contributed by atoms with Crippen molar-refractivity contribution in [2.75, 3.05) is 7.05 Å². The van der Waals surface area contributed by atoms with Crippen LogP contribution in [0.15, 0.2) is 29.8 Å². The third kappa shape index (κ3) is 2.41. The molecule has 0 spiro atoms. The number of aromatic carboxylic acids is 1. The van der Waals surface area contributed by atoms with Crippen molar-refractivity contribution in [3.63, 3.8) is 0 Å². The molecule has 2 rings (SSSR count). The third-order valence-corrected chi connectivity index (χ3v) is 2.76. The fourth-order valence-electron chi connectivity index (χ4n) is 1.63. The van der Waals surface area contributed by atoms with Crippen molar-refractivity contribution < 1.29 is 24.3 Å². The van der Waals surface area contributed by atoms with E-state index in [4.69, 9.17) is 0 Å². The van der Waals surface area contributed by atoms with Crippen LogP contribution in [-0.2, 0) is 9.59 Å². The van der Waals surface area contributed by atoms with Gasteiger partial charge in [0.1, 0.15) is 5.57 Å². The van der Waals surface area contributed by atoms with Crippen LogP contribution in [0.3, 0.4) is 0 Å². The molecule has 102 valence electrons. The van der Waals surface area contributed by atoms with Crippen LogP contribution in [0.2, 0.25) is 0 Å².